The predicted molar refractivity (Wildman–Crippen MR) is 330 cm³/mol. The standard InChI is InChI=1S/C67H119N2O7P/c1-7-10-13-16-19-22-25-28-30-31-32-33-34-35-36-37-38-39-40-41-44-47-50-53-56-59-66(70)68-64(63-75-77(72,73)74-62-61-69(4,5)6)65(58-55-52-49-46-43-27-24-21-18-15-12-9-3)76-67(71)60-57-54-51-48-45-42-29-26-23-20-17-14-11-8-2/h10-11,13-14,19-20,22-23,28,30,32-33,35-36,55,58,64-65H,7-9,12,15-18,21,24-27,29,31,34,37-54,56-57,59-63H2,1-6H3,(H-,68,70,72,73)/b13-10-,14-11+,22-19-,23-20+,30-28-,33-32-,36-35-,58-55-. The van der Waals surface area contributed by atoms with Crippen molar-refractivity contribution in [3.05, 3.63) is 97.2 Å². The molecular weight excluding hydrogens is 976 g/mol. The highest BCUT2D eigenvalue weighted by Gasteiger charge is 2.27. The maximum absolute atomic E-state index is 13.5. The van der Waals surface area contributed by atoms with E-state index in [9.17, 15) is 19.0 Å². The van der Waals surface area contributed by atoms with Gasteiger partial charge in [-0.2, -0.15) is 0 Å². The summed E-state index contributed by atoms with van der Waals surface area (Å²) in [5, 5.41) is 3.02. The number of amides is 1. The van der Waals surface area contributed by atoms with Crippen LogP contribution in [0.5, 0.6) is 0 Å². The summed E-state index contributed by atoms with van der Waals surface area (Å²) in [6.45, 7) is 6.61. The smallest absolute Gasteiger partial charge is 0.306 e. The number of rotatable bonds is 56. The van der Waals surface area contributed by atoms with E-state index < -0.39 is 26.6 Å². The highest BCUT2D eigenvalue weighted by Crippen LogP contribution is 2.38. The van der Waals surface area contributed by atoms with Gasteiger partial charge in [-0.1, -0.05) is 247 Å². The molecule has 0 aliphatic rings. The summed E-state index contributed by atoms with van der Waals surface area (Å²) in [5.41, 5.74) is 0. The van der Waals surface area contributed by atoms with Crippen LogP contribution in [0.4, 0.5) is 0 Å². The molecule has 0 aromatic carbocycles. The second-order valence-corrected chi connectivity index (χ2v) is 23.6. The van der Waals surface area contributed by atoms with Crippen molar-refractivity contribution < 1.29 is 37.3 Å². The molecule has 0 radical (unpaired) electrons. The first kappa shape index (κ1) is 73.9. The Hall–Kier alpha value is -3.07. The Morgan fingerprint density at radius 1 is 0.468 bits per heavy atom. The highest BCUT2D eigenvalue weighted by molar-refractivity contribution is 7.45. The van der Waals surface area contributed by atoms with Crippen LogP contribution in [0.1, 0.15) is 265 Å². The molecule has 444 valence electrons. The van der Waals surface area contributed by atoms with Crippen LogP contribution >= 0.6 is 7.82 Å². The van der Waals surface area contributed by atoms with Gasteiger partial charge >= 0.3 is 5.97 Å². The van der Waals surface area contributed by atoms with Gasteiger partial charge in [0.15, 0.2) is 0 Å². The molecule has 0 fully saturated rings. The first-order valence-corrected chi connectivity index (χ1v) is 33.0. The lowest BCUT2D eigenvalue weighted by Gasteiger charge is -2.30. The number of allylic oxidation sites excluding steroid dienone is 15. The number of ether oxygens (including phenoxy) is 1. The summed E-state index contributed by atoms with van der Waals surface area (Å²) in [6, 6.07) is -0.900. The minimum Gasteiger partial charge on any atom is -0.756 e. The van der Waals surface area contributed by atoms with Crippen LogP contribution in [0.15, 0.2) is 97.2 Å². The third kappa shape index (κ3) is 57.4. The molecule has 0 bridgehead atoms. The number of hydrogen-bond donors (Lipinski definition) is 1. The number of unbranched alkanes of at least 4 members (excludes halogenated alkanes) is 26. The zero-order valence-electron chi connectivity index (χ0n) is 50.6. The van der Waals surface area contributed by atoms with Crippen molar-refractivity contribution >= 4 is 19.7 Å². The summed E-state index contributed by atoms with van der Waals surface area (Å²) in [7, 11) is 1.17. The Labute approximate surface area is 475 Å². The Bertz CT molecular complexity index is 1640. The van der Waals surface area contributed by atoms with Crippen molar-refractivity contribution in [2.75, 3.05) is 40.9 Å². The lowest BCUT2D eigenvalue weighted by Crippen LogP contribution is -2.47. The molecule has 0 heterocycles. The fraction of sp³-hybridized carbons (Fsp3) is 0.731. The fourth-order valence-electron chi connectivity index (χ4n) is 8.70. The van der Waals surface area contributed by atoms with E-state index in [0.29, 0.717) is 17.4 Å². The first-order chi connectivity index (χ1) is 37.4. The molecule has 0 aromatic rings. The first-order valence-electron chi connectivity index (χ1n) is 31.5. The molecule has 10 heteroatoms. The van der Waals surface area contributed by atoms with Crippen LogP contribution in [-0.4, -0.2) is 69.4 Å². The number of hydrogen-bond acceptors (Lipinski definition) is 7. The maximum Gasteiger partial charge on any atom is 0.306 e. The SMILES string of the molecule is CC/C=C\C/C=C\C/C=C\C/C=C\C/C=C\CCCCCCCCCCCC(=O)NC(COP(=O)([O-])OCC[N+](C)(C)C)C(/C=C\CCCCCCCCCCCC)OC(=O)CCCCCCCCC/C=C/C/C=C/CC. The number of likely N-dealkylation sites (N-methyl/N-ethyl adjacent to an activating group) is 1. The number of carbonyl (C=O) groups is 2. The third-order valence-electron chi connectivity index (χ3n) is 13.5. The number of nitrogens with zero attached hydrogens (tertiary/aromatic N) is 1. The van der Waals surface area contributed by atoms with Crippen LogP contribution in [-0.2, 0) is 27.9 Å². The average Bonchev–Trinajstić information content (AvgIpc) is 3.39. The Morgan fingerprint density at radius 2 is 0.831 bits per heavy atom. The van der Waals surface area contributed by atoms with Gasteiger partial charge in [0.25, 0.3) is 7.82 Å². The summed E-state index contributed by atoms with van der Waals surface area (Å²) in [6.07, 6.45) is 75.2. The lowest BCUT2D eigenvalue weighted by atomic mass is 10.0. The normalized spacial score (nSPS) is 14.3. The van der Waals surface area contributed by atoms with Gasteiger partial charge in [0.1, 0.15) is 19.3 Å². The molecule has 1 amide bonds. The van der Waals surface area contributed by atoms with Gasteiger partial charge in [0.05, 0.1) is 33.8 Å². The van der Waals surface area contributed by atoms with Crippen molar-refractivity contribution in [1.82, 2.24) is 5.32 Å². The van der Waals surface area contributed by atoms with E-state index in [1.165, 1.54) is 103 Å². The zero-order valence-corrected chi connectivity index (χ0v) is 51.5. The highest BCUT2D eigenvalue weighted by atomic mass is 31.2. The molecule has 3 atom stereocenters. The van der Waals surface area contributed by atoms with Crippen molar-refractivity contribution in [3.63, 3.8) is 0 Å². The molecule has 1 N–H and O–H groups in total. The van der Waals surface area contributed by atoms with Gasteiger partial charge in [0, 0.05) is 12.8 Å². The topological polar surface area (TPSA) is 114 Å². The zero-order chi connectivity index (χ0) is 56.4. The molecule has 3 unspecified atom stereocenters. The number of quaternary nitrogens is 1. The van der Waals surface area contributed by atoms with Gasteiger partial charge in [-0.25, -0.2) is 0 Å². The molecule has 0 aliphatic heterocycles. The quantitative estimate of drug-likeness (QED) is 0.0212. The maximum atomic E-state index is 13.5. The average molecular weight is 1100 g/mol. The van der Waals surface area contributed by atoms with Gasteiger partial charge < -0.3 is 28.5 Å². The Balaban J connectivity index is 5.16. The molecule has 0 aromatic heterocycles. The van der Waals surface area contributed by atoms with Gasteiger partial charge in [0.2, 0.25) is 5.91 Å². The van der Waals surface area contributed by atoms with Gasteiger partial charge in [-0.05, 0) is 102 Å². The molecular formula is C67H119N2O7P. The lowest BCUT2D eigenvalue weighted by molar-refractivity contribution is -0.870. The van der Waals surface area contributed by atoms with Crippen molar-refractivity contribution in [1.29, 1.82) is 0 Å². The summed E-state index contributed by atoms with van der Waals surface area (Å²) in [4.78, 5) is 40.0. The monoisotopic (exact) mass is 1090 g/mol. The van der Waals surface area contributed by atoms with E-state index in [0.717, 1.165) is 128 Å². The second kappa shape index (κ2) is 56.2. The molecule has 77 heavy (non-hydrogen) atoms. The number of esters is 1. The Morgan fingerprint density at radius 3 is 1.25 bits per heavy atom. The molecule has 0 rings (SSSR count). The molecule has 0 aliphatic carbocycles. The molecule has 0 spiro atoms. The number of phosphoric ester groups is 1. The minimum absolute atomic E-state index is 0.0289. The third-order valence-corrected chi connectivity index (χ3v) is 14.5. The van der Waals surface area contributed by atoms with Crippen LogP contribution < -0.4 is 10.2 Å². The van der Waals surface area contributed by atoms with Crippen LogP contribution in [0.3, 0.4) is 0 Å². The van der Waals surface area contributed by atoms with Crippen molar-refractivity contribution in [2.45, 2.75) is 277 Å². The van der Waals surface area contributed by atoms with Crippen molar-refractivity contribution in [3.8, 4) is 0 Å². The van der Waals surface area contributed by atoms with E-state index in [-0.39, 0.29) is 24.9 Å². The summed E-state index contributed by atoms with van der Waals surface area (Å²) >= 11 is 0. The minimum atomic E-state index is -4.71. The van der Waals surface area contributed by atoms with E-state index in [4.69, 9.17) is 13.8 Å². The number of nitrogens with one attached hydrogen (secondary N) is 1. The van der Waals surface area contributed by atoms with E-state index in [1.807, 2.05) is 33.3 Å². The summed E-state index contributed by atoms with van der Waals surface area (Å²) in [5.74, 6) is -0.560. The molecule has 0 saturated carbocycles. The molecule has 0 saturated heterocycles. The molecule has 9 nitrogen and oxygen atoms in total. The van der Waals surface area contributed by atoms with Crippen LogP contribution in [0.25, 0.3) is 0 Å². The van der Waals surface area contributed by atoms with Crippen LogP contribution in [0, 0.1) is 0 Å². The predicted octanol–water partition coefficient (Wildman–Crippen LogP) is 18.9. The van der Waals surface area contributed by atoms with Crippen molar-refractivity contribution in [2.24, 2.45) is 0 Å². The van der Waals surface area contributed by atoms with Gasteiger partial charge in [-0.15, -0.1) is 0 Å². The van der Waals surface area contributed by atoms with E-state index in [1.54, 1.807) is 0 Å². The fourth-order valence-corrected chi connectivity index (χ4v) is 9.43. The van der Waals surface area contributed by atoms with E-state index in [2.05, 4.69) is 111 Å². The largest absolute Gasteiger partial charge is 0.756 e. The number of carbonyl (C=O) groups excluding carboxylic acids is 2. The Kier molecular flexibility index (Phi) is 54.0. The van der Waals surface area contributed by atoms with Gasteiger partial charge in [-0.3, -0.25) is 14.2 Å². The van der Waals surface area contributed by atoms with E-state index >= 15 is 0 Å². The number of phosphoric acid groups is 1. The second-order valence-electron chi connectivity index (χ2n) is 22.1. The van der Waals surface area contributed by atoms with Crippen LogP contribution in [0.2, 0.25) is 0 Å². The summed E-state index contributed by atoms with van der Waals surface area (Å²) < 4.78 is 30.3.